The van der Waals surface area contributed by atoms with Crippen molar-refractivity contribution in [3.8, 4) is 0 Å². The molecule has 0 aromatic heterocycles. The van der Waals surface area contributed by atoms with Gasteiger partial charge in [0.1, 0.15) is 0 Å². The zero-order valence-electron chi connectivity index (χ0n) is 7.16. The van der Waals surface area contributed by atoms with E-state index < -0.39 is 17.4 Å². The molecule has 4 heteroatoms. The molecule has 0 unspecified atom stereocenters. The topological polar surface area (TPSA) is 29.1 Å². The summed E-state index contributed by atoms with van der Waals surface area (Å²) >= 11 is 0. The molecule has 1 N–H and O–H groups in total. The zero-order chi connectivity index (χ0) is 9.28. The van der Waals surface area contributed by atoms with E-state index in [1.807, 2.05) is 0 Å². The largest absolute Gasteiger partial charge is 0.322 e. The van der Waals surface area contributed by atoms with Crippen molar-refractivity contribution >= 4 is 5.91 Å². The minimum Gasteiger partial charge on any atom is -0.297 e. The van der Waals surface area contributed by atoms with Crippen molar-refractivity contribution in [2.75, 3.05) is 0 Å². The Balaban J connectivity index is 4.11. The zero-order valence-corrected chi connectivity index (χ0v) is 7.16. The third-order valence-electron chi connectivity index (χ3n) is 1.01. The van der Waals surface area contributed by atoms with Crippen molar-refractivity contribution in [3.05, 3.63) is 0 Å². The summed E-state index contributed by atoms with van der Waals surface area (Å²) < 4.78 is 24.3. The second-order valence-electron chi connectivity index (χ2n) is 3.59. The Kier molecular flexibility index (Phi) is 2.59. The van der Waals surface area contributed by atoms with Crippen molar-refractivity contribution in [1.29, 1.82) is 0 Å². The van der Waals surface area contributed by atoms with Gasteiger partial charge in [-0.15, -0.1) is 0 Å². The fourth-order valence-corrected chi connectivity index (χ4v) is 0.387. The lowest BCUT2D eigenvalue weighted by Gasteiger charge is -2.21. The second kappa shape index (κ2) is 2.75. The standard InChI is InChI=1S/C7H13F2NO/c1-6(2,3)5(11)10-7(4,8)9/h1-4H3,(H,10,11). The number of hydrogen-bond acceptors (Lipinski definition) is 1. The van der Waals surface area contributed by atoms with Gasteiger partial charge >= 0.3 is 6.05 Å². The number of halogens is 2. The van der Waals surface area contributed by atoms with Crippen molar-refractivity contribution in [2.24, 2.45) is 5.41 Å². The molecule has 11 heavy (non-hydrogen) atoms. The van der Waals surface area contributed by atoms with E-state index in [0.717, 1.165) is 0 Å². The molecule has 0 aliphatic rings. The Hall–Kier alpha value is -0.670. The van der Waals surface area contributed by atoms with Gasteiger partial charge in [-0.25, -0.2) is 0 Å². The summed E-state index contributed by atoms with van der Waals surface area (Å²) in [5.74, 6) is -0.648. The molecule has 66 valence electrons. The molecule has 0 bridgehead atoms. The van der Waals surface area contributed by atoms with Crippen LogP contribution in [0.3, 0.4) is 0 Å². The highest BCUT2D eigenvalue weighted by molar-refractivity contribution is 5.81. The van der Waals surface area contributed by atoms with Crippen molar-refractivity contribution < 1.29 is 13.6 Å². The minimum atomic E-state index is -3.12. The molecule has 0 radical (unpaired) electrons. The average Bonchev–Trinajstić information content (AvgIpc) is 1.56. The Bertz CT molecular complexity index is 155. The number of alkyl halides is 2. The van der Waals surface area contributed by atoms with Crippen LogP contribution in [-0.2, 0) is 4.79 Å². The summed E-state index contributed by atoms with van der Waals surface area (Å²) in [7, 11) is 0. The first-order valence-electron chi connectivity index (χ1n) is 3.33. The van der Waals surface area contributed by atoms with Gasteiger partial charge in [-0.1, -0.05) is 20.8 Å². The lowest BCUT2D eigenvalue weighted by atomic mass is 9.96. The first-order valence-corrected chi connectivity index (χ1v) is 3.33. The number of amides is 1. The van der Waals surface area contributed by atoms with Gasteiger partial charge < -0.3 is 0 Å². The maximum Gasteiger partial charge on any atom is 0.322 e. The predicted octanol–water partition coefficient (Wildman–Crippen LogP) is 1.76. The van der Waals surface area contributed by atoms with Crippen LogP contribution in [0.15, 0.2) is 0 Å². The fourth-order valence-electron chi connectivity index (χ4n) is 0.387. The van der Waals surface area contributed by atoms with Gasteiger partial charge in [-0.05, 0) is 0 Å². The molecule has 0 rings (SSSR count). The second-order valence-corrected chi connectivity index (χ2v) is 3.59. The van der Waals surface area contributed by atoms with Gasteiger partial charge in [0, 0.05) is 12.3 Å². The normalized spacial score (nSPS) is 12.9. The lowest BCUT2D eigenvalue weighted by Crippen LogP contribution is -2.44. The van der Waals surface area contributed by atoms with Crippen LogP contribution in [0.25, 0.3) is 0 Å². The fraction of sp³-hybridized carbons (Fsp3) is 0.857. The molecular weight excluding hydrogens is 152 g/mol. The van der Waals surface area contributed by atoms with E-state index in [1.54, 1.807) is 26.1 Å². The number of carbonyl (C=O) groups is 1. The molecular formula is C7H13F2NO. The Morgan fingerprint density at radius 2 is 1.55 bits per heavy atom. The van der Waals surface area contributed by atoms with Crippen molar-refractivity contribution in [1.82, 2.24) is 5.32 Å². The summed E-state index contributed by atoms with van der Waals surface area (Å²) in [5, 5.41) is 1.59. The number of nitrogens with one attached hydrogen (secondary N) is 1. The number of carbonyl (C=O) groups excluding carboxylic acids is 1. The quantitative estimate of drug-likeness (QED) is 0.589. The van der Waals surface area contributed by atoms with Crippen molar-refractivity contribution in [2.45, 2.75) is 33.7 Å². The molecule has 1 amide bonds. The van der Waals surface area contributed by atoms with Crippen LogP contribution in [0, 0.1) is 5.41 Å². The van der Waals surface area contributed by atoms with E-state index in [1.165, 1.54) is 0 Å². The van der Waals surface area contributed by atoms with Crippen LogP contribution in [0.2, 0.25) is 0 Å². The Labute approximate surface area is 65.0 Å². The maximum atomic E-state index is 12.2. The molecule has 0 aliphatic carbocycles. The third-order valence-corrected chi connectivity index (χ3v) is 1.01. The highest BCUT2D eigenvalue weighted by Crippen LogP contribution is 2.16. The molecule has 0 saturated heterocycles. The van der Waals surface area contributed by atoms with Crippen LogP contribution in [0.5, 0.6) is 0 Å². The Morgan fingerprint density at radius 1 is 1.18 bits per heavy atom. The first kappa shape index (κ1) is 10.3. The monoisotopic (exact) mass is 165 g/mol. The number of rotatable bonds is 1. The van der Waals surface area contributed by atoms with Crippen LogP contribution < -0.4 is 5.32 Å². The molecule has 0 atom stereocenters. The number of hydrogen-bond donors (Lipinski definition) is 1. The van der Waals surface area contributed by atoms with Gasteiger partial charge in [0.25, 0.3) is 0 Å². The van der Waals surface area contributed by atoms with E-state index in [4.69, 9.17) is 0 Å². The molecule has 0 saturated carbocycles. The molecule has 0 heterocycles. The van der Waals surface area contributed by atoms with Gasteiger partial charge in [0.15, 0.2) is 0 Å². The molecule has 0 aromatic rings. The van der Waals surface area contributed by atoms with Gasteiger partial charge in [-0.3, -0.25) is 10.1 Å². The molecule has 0 fully saturated rings. The summed E-state index contributed by atoms with van der Waals surface area (Å²) in [6.45, 7) is 5.38. The molecule has 0 aromatic carbocycles. The predicted molar refractivity (Wildman–Crippen MR) is 38.2 cm³/mol. The third kappa shape index (κ3) is 4.70. The van der Waals surface area contributed by atoms with Gasteiger partial charge in [0.05, 0.1) is 0 Å². The molecule has 0 spiro atoms. The highest BCUT2D eigenvalue weighted by Gasteiger charge is 2.30. The van der Waals surface area contributed by atoms with E-state index >= 15 is 0 Å². The van der Waals surface area contributed by atoms with E-state index in [9.17, 15) is 13.6 Å². The molecule has 0 aliphatic heterocycles. The first-order chi connectivity index (χ1) is 4.63. The summed E-state index contributed by atoms with van der Waals surface area (Å²) in [5.41, 5.74) is -0.764. The minimum absolute atomic E-state index is 0.648. The smallest absolute Gasteiger partial charge is 0.297 e. The van der Waals surface area contributed by atoms with Crippen molar-refractivity contribution in [3.63, 3.8) is 0 Å². The van der Waals surface area contributed by atoms with Gasteiger partial charge in [-0.2, -0.15) is 8.78 Å². The van der Waals surface area contributed by atoms with E-state index in [0.29, 0.717) is 6.92 Å². The average molecular weight is 165 g/mol. The van der Waals surface area contributed by atoms with Crippen LogP contribution in [0.1, 0.15) is 27.7 Å². The maximum absolute atomic E-state index is 12.2. The Morgan fingerprint density at radius 3 is 1.64 bits per heavy atom. The van der Waals surface area contributed by atoms with Crippen LogP contribution in [-0.4, -0.2) is 12.0 Å². The van der Waals surface area contributed by atoms with Crippen LogP contribution >= 0.6 is 0 Å². The van der Waals surface area contributed by atoms with Crippen LogP contribution in [0.4, 0.5) is 8.78 Å². The highest BCUT2D eigenvalue weighted by atomic mass is 19.3. The summed E-state index contributed by atoms with van der Waals surface area (Å²) in [6, 6.07) is -3.12. The summed E-state index contributed by atoms with van der Waals surface area (Å²) in [6.07, 6.45) is 0. The van der Waals surface area contributed by atoms with Gasteiger partial charge in [0.2, 0.25) is 5.91 Å². The van der Waals surface area contributed by atoms with E-state index in [-0.39, 0.29) is 0 Å². The SMILES string of the molecule is CC(F)(F)NC(=O)C(C)(C)C. The summed E-state index contributed by atoms with van der Waals surface area (Å²) in [4.78, 5) is 10.9. The van der Waals surface area contributed by atoms with E-state index in [2.05, 4.69) is 0 Å². The lowest BCUT2D eigenvalue weighted by molar-refractivity contribution is -0.138. The molecule has 2 nitrogen and oxygen atoms in total.